The molecule has 3 aromatic rings. The van der Waals surface area contributed by atoms with E-state index in [2.05, 4.69) is 47.5 Å². The van der Waals surface area contributed by atoms with Crippen LogP contribution in [-0.4, -0.2) is 10.2 Å². The van der Waals surface area contributed by atoms with Gasteiger partial charge in [0.05, 0.1) is 29.7 Å². The molecule has 4 rings (SSSR count). The number of allylic oxidation sites excluding steroid dienone is 1. The van der Waals surface area contributed by atoms with Crippen molar-refractivity contribution in [1.29, 1.82) is 5.26 Å². The second-order valence-corrected chi connectivity index (χ2v) is 7.05. The molecule has 0 unspecified atom stereocenters. The van der Waals surface area contributed by atoms with E-state index in [9.17, 15) is 5.26 Å². The molecule has 0 radical (unpaired) electrons. The molecule has 0 fully saturated rings. The summed E-state index contributed by atoms with van der Waals surface area (Å²) in [5, 5.41) is 16.9. The number of aromatic amines is 1. The number of benzene rings is 1. The van der Waals surface area contributed by atoms with Crippen LogP contribution in [-0.2, 0) is 5.75 Å². The number of fused-ring (bicyclic) bond motifs is 1. The van der Waals surface area contributed by atoms with Crippen LogP contribution in [0.3, 0.4) is 0 Å². The molecule has 1 atom stereocenters. The lowest BCUT2D eigenvalue weighted by Crippen LogP contribution is -2.21. The molecule has 0 aliphatic carbocycles. The van der Waals surface area contributed by atoms with Gasteiger partial charge in [0.15, 0.2) is 0 Å². The van der Waals surface area contributed by atoms with Crippen LogP contribution in [0.5, 0.6) is 5.88 Å². The van der Waals surface area contributed by atoms with Crippen molar-refractivity contribution in [3.8, 4) is 11.9 Å². The number of thioether (sulfide) groups is 1. The smallest absolute Gasteiger partial charge is 0.244 e. The SMILES string of the molecule is Cc1ccc(SCc2[nH]nc3c2[C@@H](c2ccoc2)C(C#N)=C(N)O3)cc1. The molecule has 1 aliphatic heterocycles. The van der Waals surface area contributed by atoms with E-state index < -0.39 is 0 Å². The maximum Gasteiger partial charge on any atom is 0.244 e. The van der Waals surface area contributed by atoms with Gasteiger partial charge in [-0.25, -0.2) is 0 Å². The average molecular weight is 364 g/mol. The molecule has 0 bridgehead atoms. The normalized spacial score (nSPS) is 16.1. The fourth-order valence-corrected chi connectivity index (χ4v) is 3.84. The summed E-state index contributed by atoms with van der Waals surface area (Å²) in [4.78, 5) is 1.16. The third-order valence-electron chi connectivity index (χ3n) is 4.30. The van der Waals surface area contributed by atoms with Gasteiger partial charge in [0.25, 0.3) is 0 Å². The Morgan fingerprint density at radius 1 is 1.31 bits per heavy atom. The summed E-state index contributed by atoms with van der Waals surface area (Å²) in [5.41, 5.74) is 10.1. The van der Waals surface area contributed by atoms with Gasteiger partial charge in [0, 0.05) is 16.2 Å². The highest BCUT2D eigenvalue weighted by Gasteiger charge is 2.35. The fourth-order valence-electron chi connectivity index (χ4n) is 2.98. The Balaban J connectivity index is 1.69. The molecule has 2 aromatic heterocycles. The number of aryl methyl sites for hydroxylation is 1. The van der Waals surface area contributed by atoms with Gasteiger partial charge in [-0.05, 0) is 25.1 Å². The van der Waals surface area contributed by atoms with E-state index in [0.29, 0.717) is 17.2 Å². The van der Waals surface area contributed by atoms with Crippen LogP contribution in [0.25, 0.3) is 0 Å². The Hall–Kier alpha value is -3.11. The van der Waals surface area contributed by atoms with Gasteiger partial charge < -0.3 is 14.9 Å². The Bertz CT molecular complexity index is 997. The molecular weight excluding hydrogens is 348 g/mol. The zero-order chi connectivity index (χ0) is 18.1. The molecule has 0 saturated carbocycles. The van der Waals surface area contributed by atoms with Crippen LogP contribution in [0, 0.1) is 18.3 Å². The Labute approximate surface area is 154 Å². The van der Waals surface area contributed by atoms with Crippen molar-refractivity contribution in [1.82, 2.24) is 10.2 Å². The number of nitrogens with zero attached hydrogens (tertiary/aromatic N) is 2. The summed E-state index contributed by atoms with van der Waals surface area (Å²) >= 11 is 1.69. The monoisotopic (exact) mass is 364 g/mol. The number of nitriles is 1. The highest BCUT2D eigenvalue weighted by atomic mass is 32.2. The van der Waals surface area contributed by atoms with Crippen LogP contribution in [0.2, 0.25) is 0 Å². The first-order chi connectivity index (χ1) is 12.7. The van der Waals surface area contributed by atoms with Crippen molar-refractivity contribution >= 4 is 11.8 Å². The lowest BCUT2D eigenvalue weighted by molar-refractivity contribution is 0.378. The van der Waals surface area contributed by atoms with Gasteiger partial charge in [0.1, 0.15) is 11.6 Å². The molecule has 7 heteroatoms. The number of hydrogen-bond acceptors (Lipinski definition) is 6. The molecule has 0 amide bonds. The van der Waals surface area contributed by atoms with Crippen molar-refractivity contribution in [3.63, 3.8) is 0 Å². The molecule has 3 heterocycles. The van der Waals surface area contributed by atoms with Crippen molar-refractivity contribution < 1.29 is 9.15 Å². The predicted octanol–water partition coefficient (Wildman–Crippen LogP) is 3.82. The third-order valence-corrected chi connectivity index (χ3v) is 5.34. The number of ether oxygens (including phenoxy) is 1. The number of furan rings is 1. The highest BCUT2D eigenvalue weighted by molar-refractivity contribution is 7.98. The minimum Gasteiger partial charge on any atom is -0.472 e. The van der Waals surface area contributed by atoms with Gasteiger partial charge in [-0.15, -0.1) is 16.9 Å². The minimum absolute atomic E-state index is 0.0791. The first-order valence-corrected chi connectivity index (χ1v) is 9.02. The molecule has 1 aliphatic rings. The van der Waals surface area contributed by atoms with E-state index in [-0.39, 0.29) is 11.8 Å². The summed E-state index contributed by atoms with van der Waals surface area (Å²) in [6, 6.07) is 12.3. The number of nitrogens with one attached hydrogen (secondary N) is 1. The second-order valence-electron chi connectivity index (χ2n) is 6.00. The van der Waals surface area contributed by atoms with Crippen LogP contribution in [0.15, 0.2) is 63.6 Å². The number of H-pyrrole nitrogens is 1. The zero-order valence-electron chi connectivity index (χ0n) is 14.0. The van der Waals surface area contributed by atoms with Gasteiger partial charge in [-0.3, -0.25) is 5.10 Å². The van der Waals surface area contributed by atoms with Crippen LogP contribution in [0.4, 0.5) is 0 Å². The van der Waals surface area contributed by atoms with Crippen molar-refractivity contribution in [2.75, 3.05) is 0 Å². The quantitative estimate of drug-likeness (QED) is 0.683. The summed E-state index contributed by atoms with van der Waals surface area (Å²) in [7, 11) is 0. The summed E-state index contributed by atoms with van der Waals surface area (Å²) in [6.45, 7) is 2.06. The molecule has 1 aromatic carbocycles. The largest absolute Gasteiger partial charge is 0.472 e. The molecule has 3 N–H and O–H groups in total. The van der Waals surface area contributed by atoms with Crippen molar-refractivity contribution in [2.24, 2.45) is 5.73 Å². The fraction of sp³-hybridized carbons (Fsp3) is 0.158. The number of nitrogens with two attached hydrogens (primary N) is 1. The maximum absolute atomic E-state index is 9.58. The van der Waals surface area contributed by atoms with E-state index in [0.717, 1.165) is 21.7 Å². The lowest BCUT2D eigenvalue weighted by Gasteiger charge is -2.22. The first kappa shape index (κ1) is 16.4. The van der Waals surface area contributed by atoms with E-state index in [1.54, 1.807) is 24.3 Å². The van der Waals surface area contributed by atoms with Crippen molar-refractivity contribution in [3.05, 3.63) is 76.7 Å². The summed E-state index contributed by atoms with van der Waals surface area (Å²) < 4.78 is 10.8. The van der Waals surface area contributed by atoms with Crippen molar-refractivity contribution in [2.45, 2.75) is 23.5 Å². The van der Waals surface area contributed by atoms with E-state index in [4.69, 9.17) is 14.9 Å². The Morgan fingerprint density at radius 3 is 2.81 bits per heavy atom. The number of rotatable bonds is 4. The maximum atomic E-state index is 9.58. The minimum atomic E-state index is -0.352. The van der Waals surface area contributed by atoms with E-state index >= 15 is 0 Å². The van der Waals surface area contributed by atoms with Crippen LogP contribution < -0.4 is 10.5 Å². The molecule has 0 spiro atoms. The lowest BCUT2D eigenvalue weighted by atomic mass is 9.85. The molecular formula is C19H16N4O2S. The van der Waals surface area contributed by atoms with E-state index in [1.165, 1.54) is 5.56 Å². The zero-order valence-corrected chi connectivity index (χ0v) is 14.8. The highest BCUT2D eigenvalue weighted by Crippen LogP contribution is 2.44. The molecule has 0 saturated heterocycles. The first-order valence-electron chi connectivity index (χ1n) is 8.03. The number of aromatic nitrogens is 2. The Morgan fingerprint density at radius 2 is 2.12 bits per heavy atom. The molecule has 26 heavy (non-hydrogen) atoms. The third kappa shape index (κ3) is 2.85. The second kappa shape index (κ2) is 6.65. The molecule has 130 valence electrons. The standard InChI is InChI=1S/C19H16N4O2S/c1-11-2-4-13(5-3-11)26-10-15-17-16(12-6-7-24-9-12)14(8-20)18(21)25-19(17)23-22-15/h2-7,9,16H,10,21H2,1H3,(H,22,23)/t16-/m0/s1. The summed E-state index contributed by atoms with van der Waals surface area (Å²) in [6.07, 6.45) is 3.20. The number of hydrogen-bond donors (Lipinski definition) is 2. The average Bonchev–Trinajstić information content (AvgIpc) is 3.30. The van der Waals surface area contributed by atoms with Gasteiger partial charge in [-0.1, -0.05) is 17.7 Å². The van der Waals surface area contributed by atoms with Gasteiger partial charge in [-0.2, -0.15) is 5.26 Å². The van der Waals surface area contributed by atoms with Crippen LogP contribution in [0.1, 0.15) is 28.3 Å². The predicted molar refractivity (Wildman–Crippen MR) is 97.3 cm³/mol. The summed E-state index contributed by atoms with van der Waals surface area (Å²) in [5.74, 6) is 0.805. The van der Waals surface area contributed by atoms with Crippen LogP contribution >= 0.6 is 11.8 Å². The Kier molecular flexibility index (Phi) is 4.19. The van der Waals surface area contributed by atoms with E-state index in [1.807, 2.05) is 6.07 Å². The van der Waals surface area contributed by atoms with Gasteiger partial charge in [0.2, 0.25) is 11.8 Å². The molecule has 6 nitrogen and oxygen atoms in total. The topological polar surface area (TPSA) is 101 Å². The van der Waals surface area contributed by atoms with Gasteiger partial charge >= 0.3 is 0 Å².